The van der Waals surface area contributed by atoms with Crippen LogP contribution in [0.3, 0.4) is 0 Å². The van der Waals surface area contributed by atoms with Gasteiger partial charge in [0.05, 0.1) is 0 Å². The Balaban J connectivity index is 2.66. The summed E-state index contributed by atoms with van der Waals surface area (Å²) in [5, 5.41) is 17.9. The fourth-order valence-corrected chi connectivity index (χ4v) is 1.44. The van der Waals surface area contributed by atoms with Crippen molar-refractivity contribution in [2.24, 2.45) is 0 Å². The van der Waals surface area contributed by atoms with Crippen molar-refractivity contribution in [1.82, 2.24) is 15.0 Å². The number of unbranched alkanes of at least 4 members (excludes halogenated alkanes) is 2. The summed E-state index contributed by atoms with van der Waals surface area (Å²) < 4.78 is 0. The van der Waals surface area contributed by atoms with E-state index in [0.29, 0.717) is 17.8 Å². The van der Waals surface area contributed by atoms with Gasteiger partial charge in [0.2, 0.25) is 17.8 Å². The van der Waals surface area contributed by atoms with E-state index >= 15 is 0 Å². The molecule has 0 aliphatic rings. The number of aliphatic hydroxyl groups is 1. The Morgan fingerprint density at radius 3 is 1.58 bits per heavy atom. The van der Waals surface area contributed by atoms with Gasteiger partial charge in [0.15, 0.2) is 0 Å². The second kappa shape index (κ2) is 9.32. The van der Waals surface area contributed by atoms with Gasteiger partial charge in [-0.05, 0) is 12.8 Å². The predicted molar refractivity (Wildman–Crippen MR) is 77.3 cm³/mol. The van der Waals surface area contributed by atoms with Crippen molar-refractivity contribution in [3.8, 4) is 0 Å². The molecule has 19 heavy (non-hydrogen) atoms. The van der Waals surface area contributed by atoms with Gasteiger partial charge >= 0.3 is 0 Å². The second-order valence-corrected chi connectivity index (χ2v) is 4.20. The first-order chi connectivity index (χ1) is 9.30. The Morgan fingerprint density at radius 2 is 1.21 bits per heavy atom. The monoisotopic (exact) mass is 268 g/mol. The van der Waals surface area contributed by atoms with Crippen LogP contribution in [0.2, 0.25) is 0 Å². The van der Waals surface area contributed by atoms with E-state index < -0.39 is 0 Å². The lowest BCUT2D eigenvalue weighted by Gasteiger charge is -2.10. The second-order valence-electron chi connectivity index (χ2n) is 4.20. The van der Waals surface area contributed by atoms with Gasteiger partial charge in [0, 0.05) is 13.1 Å². The molecule has 0 aliphatic carbocycles. The summed E-state index contributed by atoms with van der Waals surface area (Å²) in [6.45, 7) is 5.71. The summed E-state index contributed by atoms with van der Waals surface area (Å²) in [5.74, 6) is 1.42. The van der Waals surface area contributed by atoms with E-state index in [1.807, 2.05) is 0 Å². The van der Waals surface area contributed by atoms with Gasteiger partial charge in [-0.3, -0.25) is 0 Å². The first-order valence-electron chi connectivity index (χ1n) is 6.88. The standard InChI is InChI=1S/C12H24N6O/c1-3-5-7-13-10-16-11(14-8-6-4-2)18-12(17-10)15-9-19/h19H,3-9H2,1-2H3,(H3,13,14,15,16,17,18). The molecule has 7 heteroatoms. The highest BCUT2D eigenvalue weighted by Crippen LogP contribution is 2.09. The number of nitrogens with one attached hydrogen (secondary N) is 3. The first kappa shape index (κ1) is 15.4. The van der Waals surface area contributed by atoms with E-state index in [1.165, 1.54) is 0 Å². The van der Waals surface area contributed by atoms with Crippen LogP contribution in [0.25, 0.3) is 0 Å². The molecule has 0 saturated carbocycles. The molecule has 1 aromatic rings. The van der Waals surface area contributed by atoms with Gasteiger partial charge in [-0.2, -0.15) is 15.0 Å². The average molecular weight is 268 g/mol. The highest BCUT2D eigenvalue weighted by Gasteiger charge is 2.05. The Bertz CT molecular complexity index is 332. The minimum Gasteiger partial charge on any atom is -0.376 e. The molecule has 0 radical (unpaired) electrons. The summed E-state index contributed by atoms with van der Waals surface area (Å²) in [7, 11) is 0. The molecule has 7 nitrogen and oxygen atoms in total. The molecule has 1 aromatic heterocycles. The molecule has 0 aromatic carbocycles. The topological polar surface area (TPSA) is 95.0 Å². The molecule has 0 saturated heterocycles. The van der Waals surface area contributed by atoms with E-state index in [4.69, 9.17) is 5.11 Å². The van der Waals surface area contributed by atoms with E-state index in [2.05, 4.69) is 44.7 Å². The van der Waals surface area contributed by atoms with Crippen LogP contribution >= 0.6 is 0 Å². The number of aromatic nitrogens is 3. The predicted octanol–water partition coefficient (Wildman–Crippen LogP) is 1.66. The molecule has 0 bridgehead atoms. The zero-order valence-corrected chi connectivity index (χ0v) is 11.7. The molecule has 0 unspecified atom stereocenters. The lowest BCUT2D eigenvalue weighted by atomic mass is 10.3. The number of aliphatic hydroxyl groups excluding tert-OH is 1. The van der Waals surface area contributed by atoms with E-state index in [0.717, 1.165) is 38.8 Å². The molecule has 1 rings (SSSR count). The van der Waals surface area contributed by atoms with Crippen LogP contribution < -0.4 is 16.0 Å². The zero-order valence-electron chi connectivity index (χ0n) is 11.7. The summed E-state index contributed by atoms with van der Waals surface area (Å²) in [4.78, 5) is 12.7. The molecular weight excluding hydrogens is 244 g/mol. The van der Waals surface area contributed by atoms with Gasteiger partial charge in [0.25, 0.3) is 0 Å². The fourth-order valence-electron chi connectivity index (χ4n) is 1.44. The number of hydrogen-bond donors (Lipinski definition) is 4. The quantitative estimate of drug-likeness (QED) is 0.378. The summed E-state index contributed by atoms with van der Waals surface area (Å²) in [6, 6.07) is 0. The lowest BCUT2D eigenvalue weighted by Crippen LogP contribution is -2.14. The SMILES string of the molecule is CCCCNc1nc(NCO)nc(NCCCC)n1. The molecule has 0 atom stereocenters. The summed E-state index contributed by atoms with van der Waals surface area (Å²) in [6.07, 6.45) is 4.35. The maximum atomic E-state index is 8.88. The van der Waals surface area contributed by atoms with Crippen LogP contribution in [0, 0.1) is 0 Å². The highest BCUT2D eigenvalue weighted by molar-refractivity contribution is 5.41. The minimum absolute atomic E-state index is 0.202. The fraction of sp³-hybridized carbons (Fsp3) is 0.750. The van der Waals surface area contributed by atoms with Gasteiger partial charge in [0.1, 0.15) is 6.73 Å². The molecule has 108 valence electrons. The Hall–Kier alpha value is -1.63. The third-order valence-electron chi connectivity index (χ3n) is 2.50. The van der Waals surface area contributed by atoms with Crippen molar-refractivity contribution in [3.05, 3.63) is 0 Å². The minimum atomic E-state index is -0.202. The maximum Gasteiger partial charge on any atom is 0.231 e. The number of rotatable bonds is 10. The Morgan fingerprint density at radius 1 is 0.789 bits per heavy atom. The van der Waals surface area contributed by atoms with Crippen LogP contribution in [-0.2, 0) is 0 Å². The third kappa shape index (κ3) is 6.19. The van der Waals surface area contributed by atoms with Crippen molar-refractivity contribution in [1.29, 1.82) is 0 Å². The molecule has 0 spiro atoms. The highest BCUT2D eigenvalue weighted by atomic mass is 16.3. The van der Waals surface area contributed by atoms with E-state index in [9.17, 15) is 0 Å². The van der Waals surface area contributed by atoms with Gasteiger partial charge in [-0.1, -0.05) is 26.7 Å². The number of anilines is 3. The van der Waals surface area contributed by atoms with Crippen molar-refractivity contribution < 1.29 is 5.11 Å². The van der Waals surface area contributed by atoms with Crippen LogP contribution in [0.15, 0.2) is 0 Å². The van der Waals surface area contributed by atoms with Crippen LogP contribution in [0.5, 0.6) is 0 Å². The van der Waals surface area contributed by atoms with E-state index in [-0.39, 0.29) is 6.73 Å². The Kier molecular flexibility index (Phi) is 7.57. The van der Waals surface area contributed by atoms with Crippen molar-refractivity contribution in [3.63, 3.8) is 0 Å². The van der Waals surface area contributed by atoms with Crippen LogP contribution in [0.1, 0.15) is 39.5 Å². The van der Waals surface area contributed by atoms with Gasteiger partial charge < -0.3 is 21.1 Å². The first-order valence-corrected chi connectivity index (χ1v) is 6.88. The molecule has 0 amide bonds. The molecular formula is C12H24N6O. The average Bonchev–Trinajstić information content (AvgIpc) is 2.40. The summed E-state index contributed by atoms with van der Waals surface area (Å²) in [5.41, 5.74) is 0. The molecule has 4 N–H and O–H groups in total. The number of hydrogen-bond acceptors (Lipinski definition) is 7. The smallest absolute Gasteiger partial charge is 0.231 e. The van der Waals surface area contributed by atoms with Gasteiger partial charge in [-0.25, -0.2) is 0 Å². The van der Waals surface area contributed by atoms with E-state index in [1.54, 1.807) is 0 Å². The molecule has 0 aliphatic heterocycles. The normalized spacial score (nSPS) is 10.3. The van der Waals surface area contributed by atoms with Crippen LogP contribution in [-0.4, -0.2) is 39.9 Å². The maximum absolute atomic E-state index is 8.88. The van der Waals surface area contributed by atoms with Crippen LogP contribution in [0.4, 0.5) is 17.8 Å². The largest absolute Gasteiger partial charge is 0.376 e. The number of nitrogens with zero attached hydrogens (tertiary/aromatic N) is 3. The molecule has 0 fully saturated rings. The van der Waals surface area contributed by atoms with Crippen molar-refractivity contribution in [2.45, 2.75) is 39.5 Å². The van der Waals surface area contributed by atoms with Gasteiger partial charge in [-0.15, -0.1) is 0 Å². The zero-order chi connectivity index (χ0) is 13.9. The molecule has 1 heterocycles. The Labute approximate surface area is 114 Å². The van der Waals surface area contributed by atoms with Crippen molar-refractivity contribution >= 4 is 17.8 Å². The summed E-state index contributed by atoms with van der Waals surface area (Å²) >= 11 is 0. The third-order valence-corrected chi connectivity index (χ3v) is 2.50. The lowest BCUT2D eigenvalue weighted by molar-refractivity contribution is 0.324. The van der Waals surface area contributed by atoms with Crippen molar-refractivity contribution in [2.75, 3.05) is 35.8 Å².